The number of carbonyl (C=O) groups is 1. The summed E-state index contributed by atoms with van der Waals surface area (Å²) in [6.07, 6.45) is 5.63. The fourth-order valence-electron chi connectivity index (χ4n) is 12.0. The van der Waals surface area contributed by atoms with Gasteiger partial charge < -0.3 is 14.6 Å². The Balaban J connectivity index is 1.12. The van der Waals surface area contributed by atoms with Crippen molar-refractivity contribution >= 4 is 50.1 Å². The molecule has 0 saturated heterocycles. The van der Waals surface area contributed by atoms with Gasteiger partial charge in [0, 0.05) is 45.3 Å². The number of furan rings is 1. The first-order valence-electron chi connectivity index (χ1n) is 19.8. The Hall–Kier alpha value is -3.04. The van der Waals surface area contributed by atoms with E-state index in [9.17, 15) is 31.8 Å². The predicted molar refractivity (Wildman–Crippen MR) is 218 cm³/mol. The molecule has 3 saturated carbocycles. The maximum absolute atomic E-state index is 15.1. The van der Waals surface area contributed by atoms with Crippen molar-refractivity contribution in [3.05, 3.63) is 110 Å². The standard InChI is InChI=1S/C44H45ClF3NO6S3/c1-39-15-11-28(50)24-41(39)18-19-43(31(25-41)38(51)34-10-9-33(55-34)30-23-27(44(46,47)48)7-8-32(30)45)35(39)12-16-40(2)36(43)13-17-42(40,52)26-49(20-14-29-5-3-21-56-29)58(53,54)37-6-4-22-57-37/h3-10,18-19,21-23,25,28,35-36,50,52H,11-17,20,24,26H2,1-2H3. The molecule has 2 bridgehead atoms. The number of sulfonamides is 1. The molecule has 1 aromatic carbocycles. The van der Waals surface area contributed by atoms with Crippen molar-refractivity contribution in [3.63, 3.8) is 0 Å². The van der Waals surface area contributed by atoms with Crippen LogP contribution < -0.4 is 0 Å². The average molecular weight is 872 g/mol. The third kappa shape index (κ3) is 5.88. The van der Waals surface area contributed by atoms with Crippen molar-refractivity contribution in [3.8, 4) is 11.3 Å². The second kappa shape index (κ2) is 13.7. The van der Waals surface area contributed by atoms with Crippen LogP contribution in [0.1, 0.15) is 79.8 Å². The topological polar surface area (TPSA) is 108 Å². The summed E-state index contributed by atoms with van der Waals surface area (Å²) in [4.78, 5) is 16.2. The van der Waals surface area contributed by atoms with Crippen LogP contribution in [0.25, 0.3) is 11.3 Å². The van der Waals surface area contributed by atoms with Crippen LogP contribution in [0.15, 0.2) is 97.8 Å². The maximum atomic E-state index is 15.1. The van der Waals surface area contributed by atoms with Crippen molar-refractivity contribution in [2.45, 2.75) is 87.3 Å². The van der Waals surface area contributed by atoms with E-state index in [1.54, 1.807) is 28.8 Å². The number of halogens is 4. The molecule has 58 heavy (non-hydrogen) atoms. The number of nitrogens with zero attached hydrogens (tertiary/aromatic N) is 1. The minimum absolute atomic E-state index is 0.0134. The number of carbonyl (C=O) groups excluding carboxylic acids is 1. The average Bonchev–Trinajstić information content (AvgIpc) is 4.01. The molecular formula is C44H45ClF3NO6S3. The summed E-state index contributed by atoms with van der Waals surface area (Å²) in [6, 6.07) is 13.1. The molecule has 7 nitrogen and oxygen atoms in total. The number of fused-ring (bicyclic) bond motifs is 1. The van der Waals surface area contributed by atoms with Crippen LogP contribution >= 0.6 is 34.3 Å². The third-order valence-corrected chi connectivity index (χ3v) is 19.5. The van der Waals surface area contributed by atoms with E-state index in [-0.39, 0.29) is 56.7 Å². The highest BCUT2D eigenvalue weighted by Gasteiger charge is 2.74. The zero-order chi connectivity index (χ0) is 41.1. The molecule has 0 radical (unpaired) electrons. The summed E-state index contributed by atoms with van der Waals surface area (Å²) >= 11 is 9.10. The lowest BCUT2D eigenvalue weighted by Crippen LogP contribution is -2.67. The van der Waals surface area contributed by atoms with E-state index in [4.69, 9.17) is 16.0 Å². The summed E-state index contributed by atoms with van der Waals surface area (Å²) in [6.45, 7) is 4.42. The molecule has 3 fully saturated rings. The van der Waals surface area contributed by atoms with Gasteiger partial charge in [-0.2, -0.15) is 17.5 Å². The molecule has 8 atom stereocenters. The van der Waals surface area contributed by atoms with Gasteiger partial charge in [-0.05, 0) is 122 Å². The number of alkyl halides is 3. The Bertz CT molecular complexity index is 2430. The molecule has 2 spiro atoms. The van der Waals surface area contributed by atoms with Gasteiger partial charge in [-0.25, -0.2) is 8.42 Å². The number of allylic oxidation sites excluding steroid dienone is 4. The van der Waals surface area contributed by atoms with Crippen molar-refractivity contribution in [2.24, 2.45) is 33.5 Å². The number of aliphatic hydroxyl groups is 2. The van der Waals surface area contributed by atoms with Crippen LogP contribution in [0.3, 0.4) is 0 Å². The molecule has 308 valence electrons. The number of hydrogen-bond donors (Lipinski definition) is 2. The van der Waals surface area contributed by atoms with Crippen molar-refractivity contribution in [2.75, 3.05) is 13.1 Å². The van der Waals surface area contributed by atoms with Gasteiger partial charge in [-0.15, -0.1) is 22.7 Å². The maximum Gasteiger partial charge on any atom is 0.416 e. The van der Waals surface area contributed by atoms with E-state index in [2.05, 4.69) is 26.0 Å². The molecular weight excluding hydrogens is 827 g/mol. The monoisotopic (exact) mass is 871 g/mol. The first kappa shape index (κ1) is 40.4. The quantitative estimate of drug-likeness (QED) is 0.121. The fraction of sp³-hybridized carbons (Fsp3) is 0.477. The Morgan fingerprint density at radius 2 is 1.69 bits per heavy atom. The lowest BCUT2D eigenvalue weighted by Gasteiger charge is -2.71. The molecule has 0 amide bonds. The Kier molecular flexibility index (Phi) is 9.56. The van der Waals surface area contributed by atoms with Crippen molar-refractivity contribution < 1.29 is 41.0 Å². The summed E-state index contributed by atoms with van der Waals surface area (Å²) in [5.41, 5.74) is -4.45. The number of benzene rings is 1. The predicted octanol–water partition coefficient (Wildman–Crippen LogP) is 10.4. The minimum Gasteiger partial charge on any atom is -0.453 e. The number of hydrogen-bond acceptors (Lipinski definition) is 8. The largest absolute Gasteiger partial charge is 0.453 e. The SMILES string of the molecule is CC12CCC(O)CC13C=CC1(C(C(=O)c4ccc(-c5cc(C(F)(F)F)ccc5Cl)o4)=C3)C2CCC2(C)C1CCC2(O)CN(CCc1cccs1)S(=O)(=O)c1cccs1. The number of rotatable bonds is 10. The molecule has 2 N–H and O–H groups in total. The normalized spacial score (nSPS) is 34.2. The fourth-order valence-corrected chi connectivity index (χ4v) is 15.6. The summed E-state index contributed by atoms with van der Waals surface area (Å²) in [5, 5.41) is 27.9. The number of aliphatic hydroxyl groups excluding tert-OH is 1. The third-order valence-electron chi connectivity index (χ3n) is 15.1. The van der Waals surface area contributed by atoms with E-state index < -0.39 is 55.5 Å². The van der Waals surface area contributed by atoms with Crippen LogP contribution in [-0.4, -0.2) is 53.5 Å². The summed E-state index contributed by atoms with van der Waals surface area (Å²) in [7, 11) is -3.95. The van der Waals surface area contributed by atoms with Crippen LogP contribution in [0.5, 0.6) is 0 Å². The highest BCUT2D eigenvalue weighted by atomic mass is 35.5. The Morgan fingerprint density at radius 1 is 0.966 bits per heavy atom. The van der Waals surface area contributed by atoms with Crippen molar-refractivity contribution in [1.82, 2.24) is 4.31 Å². The number of ketones is 1. The molecule has 10 rings (SSSR count). The number of Topliss-reactive ketones (excluding diaryl/α,β-unsaturated/α-hetero) is 1. The molecule has 6 aliphatic carbocycles. The van der Waals surface area contributed by atoms with Gasteiger partial charge in [0.25, 0.3) is 10.0 Å². The van der Waals surface area contributed by atoms with E-state index in [1.165, 1.54) is 16.4 Å². The lowest BCUT2D eigenvalue weighted by molar-refractivity contribution is -0.173. The van der Waals surface area contributed by atoms with Gasteiger partial charge in [-0.3, -0.25) is 4.79 Å². The second-order valence-corrected chi connectivity index (χ2v) is 22.1. The first-order chi connectivity index (χ1) is 27.4. The van der Waals surface area contributed by atoms with Crippen LogP contribution in [0.4, 0.5) is 13.2 Å². The van der Waals surface area contributed by atoms with Gasteiger partial charge >= 0.3 is 6.18 Å². The smallest absolute Gasteiger partial charge is 0.416 e. The molecule has 8 unspecified atom stereocenters. The molecule has 14 heteroatoms. The van der Waals surface area contributed by atoms with Crippen LogP contribution in [0.2, 0.25) is 5.02 Å². The van der Waals surface area contributed by atoms with Crippen molar-refractivity contribution in [1.29, 1.82) is 0 Å². The first-order valence-corrected chi connectivity index (χ1v) is 23.4. The Labute approximate surface area is 349 Å². The van der Waals surface area contributed by atoms with E-state index in [0.29, 0.717) is 50.5 Å². The molecule has 3 heterocycles. The van der Waals surface area contributed by atoms with E-state index >= 15 is 4.79 Å². The van der Waals surface area contributed by atoms with Gasteiger partial charge in [0.2, 0.25) is 5.78 Å². The van der Waals surface area contributed by atoms with E-state index in [1.807, 2.05) is 23.6 Å². The lowest BCUT2D eigenvalue weighted by atomic mass is 9.32. The molecule has 6 aliphatic rings. The van der Waals surface area contributed by atoms with Gasteiger partial charge in [-0.1, -0.05) is 55.8 Å². The van der Waals surface area contributed by atoms with Gasteiger partial charge in [0.15, 0.2) is 5.76 Å². The zero-order valence-corrected chi connectivity index (χ0v) is 35.3. The molecule has 0 aliphatic heterocycles. The Morgan fingerprint density at radius 3 is 2.41 bits per heavy atom. The minimum atomic E-state index is -4.61. The van der Waals surface area contributed by atoms with Crippen LogP contribution in [-0.2, 0) is 22.6 Å². The summed E-state index contributed by atoms with van der Waals surface area (Å²) in [5.74, 6) is -0.726. The molecule has 3 aromatic heterocycles. The summed E-state index contributed by atoms with van der Waals surface area (Å²) < 4.78 is 77.5. The zero-order valence-electron chi connectivity index (χ0n) is 32.1. The second-order valence-electron chi connectivity index (χ2n) is 17.6. The van der Waals surface area contributed by atoms with Gasteiger partial charge in [0.05, 0.1) is 22.3 Å². The van der Waals surface area contributed by atoms with E-state index in [0.717, 1.165) is 40.8 Å². The highest BCUT2D eigenvalue weighted by Crippen LogP contribution is 2.78. The van der Waals surface area contributed by atoms with Crippen LogP contribution in [0, 0.1) is 33.5 Å². The molecule has 4 aromatic rings. The number of thiophene rings is 2. The van der Waals surface area contributed by atoms with Gasteiger partial charge in [0.1, 0.15) is 9.97 Å². The highest BCUT2D eigenvalue weighted by molar-refractivity contribution is 7.91.